The average Bonchev–Trinajstić information content (AvgIpc) is 3.05. The van der Waals surface area contributed by atoms with Crippen molar-refractivity contribution in [2.45, 2.75) is 31.9 Å². The zero-order valence-corrected chi connectivity index (χ0v) is 25.9. The minimum Gasteiger partial charge on any atom is -0.477 e. The maximum atomic E-state index is 13.9. The van der Waals surface area contributed by atoms with E-state index in [1.807, 2.05) is 91.0 Å². The van der Waals surface area contributed by atoms with E-state index in [-0.39, 0.29) is 29.9 Å². The first-order valence-corrected chi connectivity index (χ1v) is 16.5. The highest BCUT2D eigenvalue weighted by Crippen LogP contribution is 2.49. The van der Waals surface area contributed by atoms with E-state index in [1.165, 1.54) is 11.8 Å². The molecule has 0 spiro atoms. The molecule has 1 aliphatic heterocycles. The van der Waals surface area contributed by atoms with Crippen LogP contribution < -0.4 is 21.2 Å². The molecule has 2 amide bonds. The number of aliphatic hydroxyl groups is 1. The van der Waals surface area contributed by atoms with Crippen LogP contribution in [0.4, 0.5) is 0 Å². The van der Waals surface area contributed by atoms with E-state index < -0.39 is 36.8 Å². The number of nitrogens with one attached hydrogen (secondary N) is 1. The summed E-state index contributed by atoms with van der Waals surface area (Å²) in [6, 6.07) is 33.7. The summed E-state index contributed by atoms with van der Waals surface area (Å²) in [4.78, 5) is 54.2. The first-order chi connectivity index (χ1) is 21.7. The number of amides is 2. The van der Waals surface area contributed by atoms with E-state index >= 15 is 0 Å². The summed E-state index contributed by atoms with van der Waals surface area (Å²) in [6.07, 6.45) is -1.12. The maximum absolute atomic E-state index is 13.9. The van der Waals surface area contributed by atoms with Gasteiger partial charge in [0, 0.05) is 25.9 Å². The molecule has 0 aromatic heterocycles. The lowest BCUT2D eigenvalue weighted by molar-refractivity contribution is -0.156. The molecule has 1 saturated heterocycles. The third kappa shape index (κ3) is 5.99. The predicted octanol–water partition coefficient (Wildman–Crippen LogP) is 2.96. The van der Waals surface area contributed by atoms with Crippen LogP contribution in [0, 0.1) is 5.92 Å². The molecular weight excluding hydrogens is 587 g/mol. The molecule has 230 valence electrons. The van der Waals surface area contributed by atoms with E-state index in [4.69, 9.17) is 0 Å². The number of rotatable bonds is 11. The number of β-lactam (4-membered cyclic amide) rings is 1. The van der Waals surface area contributed by atoms with Gasteiger partial charge in [0.05, 0.1) is 24.5 Å². The monoisotopic (exact) mass is 622 g/mol. The third-order valence-electron chi connectivity index (χ3n) is 8.27. The number of carbonyl (C=O) groups excluding carboxylic acids is 3. The fourth-order valence-electron chi connectivity index (χ4n) is 6.14. The number of carbonyl (C=O) groups is 4. The van der Waals surface area contributed by atoms with Crippen LogP contribution in [-0.2, 0) is 20.8 Å². The minimum atomic E-state index is -3.22. The Bertz CT molecular complexity index is 1650. The number of likely N-dealkylation sites (tertiary alicyclic amines) is 1. The highest BCUT2D eigenvalue weighted by atomic mass is 31.2. The van der Waals surface area contributed by atoms with Crippen LogP contribution in [0.15, 0.2) is 115 Å². The van der Waals surface area contributed by atoms with Crippen molar-refractivity contribution < 1.29 is 29.4 Å². The Morgan fingerprint density at radius 3 is 1.67 bits per heavy atom. The van der Waals surface area contributed by atoms with Crippen LogP contribution in [0.1, 0.15) is 29.3 Å². The summed E-state index contributed by atoms with van der Waals surface area (Å²) >= 11 is 0. The van der Waals surface area contributed by atoms with Gasteiger partial charge in [-0.1, -0.05) is 115 Å². The molecule has 3 N–H and O–H groups in total. The quantitative estimate of drug-likeness (QED) is 0.134. The second kappa shape index (κ2) is 13.5. The topological polar surface area (TPSA) is 124 Å². The lowest BCUT2D eigenvalue weighted by Gasteiger charge is -2.50. The molecule has 0 unspecified atom stereocenters. The van der Waals surface area contributed by atoms with Gasteiger partial charge in [-0.05, 0) is 28.4 Å². The van der Waals surface area contributed by atoms with Gasteiger partial charge in [0.2, 0.25) is 11.8 Å². The molecule has 4 aromatic rings. The molecule has 0 saturated carbocycles. The number of carboxylic acids is 1. The minimum absolute atomic E-state index is 0.105. The number of ketones is 1. The Hall–Kier alpha value is -4.78. The van der Waals surface area contributed by atoms with Gasteiger partial charge >= 0.3 is 5.97 Å². The van der Waals surface area contributed by atoms with E-state index in [9.17, 15) is 29.4 Å². The lowest BCUT2D eigenvalue weighted by Crippen LogP contribution is -2.68. The second-order valence-corrected chi connectivity index (χ2v) is 14.3. The number of nitrogens with zero attached hydrogens (tertiary/aromatic N) is 1. The summed E-state index contributed by atoms with van der Waals surface area (Å²) in [5.41, 5.74) is 0.996. The first kappa shape index (κ1) is 31.6. The molecule has 8 nitrogen and oxygen atoms in total. The summed E-state index contributed by atoms with van der Waals surface area (Å²) in [5.74, 6) is -3.22. The molecule has 5 rings (SSSR count). The van der Waals surface area contributed by atoms with Gasteiger partial charge < -0.3 is 20.4 Å². The molecule has 0 aliphatic carbocycles. The summed E-state index contributed by atoms with van der Waals surface area (Å²) < 4.78 is 0. The highest BCUT2D eigenvalue weighted by Gasteiger charge is 2.55. The number of carboxylic acid groups (broad SMARTS) is 1. The smallest absolute Gasteiger partial charge is 0.353 e. The van der Waals surface area contributed by atoms with Gasteiger partial charge in [-0.15, -0.1) is 0 Å². The zero-order valence-electron chi connectivity index (χ0n) is 25.0. The number of Topliss-reactive ketones (excluding diaryl/α,β-unsaturated/α-hetero) is 1. The summed E-state index contributed by atoms with van der Waals surface area (Å²) in [6.45, 7) is -1.73. The first-order valence-electron chi connectivity index (χ1n) is 14.7. The van der Waals surface area contributed by atoms with Gasteiger partial charge in [0.15, 0.2) is 5.78 Å². The Balaban J connectivity index is 1.71. The molecule has 3 atom stereocenters. The Morgan fingerprint density at radius 1 is 0.800 bits per heavy atom. The number of aliphatic carboxylic acids is 1. The fraction of sp³-hybridized carbons (Fsp3) is 0.194. The van der Waals surface area contributed by atoms with Crippen LogP contribution in [0.25, 0.3) is 0 Å². The number of hydrogen-bond donors (Lipinski definition) is 3. The molecule has 1 fully saturated rings. The number of benzene rings is 4. The van der Waals surface area contributed by atoms with Crippen molar-refractivity contribution in [3.05, 3.63) is 126 Å². The van der Waals surface area contributed by atoms with Gasteiger partial charge in [0.25, 0.3) is 0 Å². The molecule has 0 radical (unpaired) electrons. The lowest BCUT2D eigenvalue weighted by atomic mass is 9.79. The molecule has 4 aromatic carbocycles. The van der Waals surface area contributed by atoms with E-state index in [0.717, 1.165) is 21.5 Å². The third-order valence-corrected chi connectivity index (χ3v) is 12.5. The molecule has 45 heavy (non-hydrogen) atoms. The average molecular weight is 623 g/mol. The van der Waals surface area contributed by atoms with Crippen molar-refractivity contribution in [1.29, 1.82) is 0 Å². The standard InChI is InChI=1S/C36H35N2O6P/c1-24(39)33-30(23-31(40)26-20-18-25(19-21-26)22-32(41)37-2)38(34(33)42)35(36(43)44)45(27-12-6-3-7-13-27,28-14-8-4-9-15-28)29-16-10-5-11-17-29/h3-21,24,30,33,39H,22-23H2,1-2H3,(H,37,41)(H,43,44)/t24-,30-,33-/m1/s1. The Morgan fingerprint density at radius 2 is 1.27 bits per heavy atom. The molecule has 9 heteroatoms. The van der Waals surface area contributed by atoms with Crippen molar-refractivity contribution in [3.8, 4) is 0 Å². The van der Waals surface area contributed by atoms with Crippen molar-refractivity contribution >= 4 is 51.8 Å². The number of likely N-dealkylation sites (N-methyl/N-ethyl adjacent to an activating group) is 1. The largest absolute Gasteiger partial charge is 0.477 e. The van der Waals surface area contributed by atoms with Gasteiger partial charge in [0.1, 0.15) is 5.42 Å². The number of hydrogen-bond acceptors (Lipinski definition) is 5. The predicted molar refractivity (Wildman–Crippen MR) is 177 cm³/mol. The number of aliphatic hydroxyl groups excluding tert-OH is 1. The fourth-order valence-corrected chi connectivity index (χ4v) is 10.5. The molecular formula is C36H35N2O6P. The van der Waals surface area contributed by atoms with E-state index in [2.05, 4.69) is 5.32 Å². The summed E-state index contributed by atoms with van der Waals surface area (Å²) in [5, 5.41) is 26.6. The van der Waals surface area contributed by atoms with E-state index in [0.29, 0.717) is 5.56 Å². The van der Waals surface area contributed by atoms with Crippen LogP contribution >= 0.6 is 6.89 Å². The Kier molecular flexibility index (Phi) is 9.47. The van der Waals surface area contributed by atoms with Crippen LogP contribution in [0.5, 0.6) is 0 Å². The molecule has 1 aliphatic rings. The van der Waals surface area contributed by atoms with Crippen LogP contribution in [0.2, 0.25) is 0 Å². The van der Waals surface area contributed by atoms with Crippen molar-refractivity contribution in [3.63, 3.8) is 0 Å². The second-order valence-electron chi connectivity index (χ2n) is 11.0. The van der Waals surface area contributed by atoms with Crippen molar-refractivity contribution in [2.24, 2.45) is 5.92 Å². The molecule has 0 bridgehead atoms. The molecule has 1 heterocycles. The van der Waals surface area contributed by atoms with Gasteiger partial charge in [-0.3, -0.25) is 14.4 Å². The van der Waals surface area contributed by atoms with E-state index in [1.54, 1.807) is 31.3 Å². The summed E-state index contributed by atoms with van der Waals surface area (Å²) in [7, 11) is 1.55. The van der Waals surface area contributed by atoms with Crippen molar-refractivity contribution in [1.82, 2.24) is 10.2 Å². The zero-order chi connectivity index (χ0) is 32.1. The SMILES string of the molecule is CNC(=O)Cc1ccc(C(=O)C[C@@H]2[C@@H]([C@@H](C)O)C(=O)N2C(C(=O)O)=P(c2ccccc2)(c2ccccc2)c2ccccc2)cc1. The van der Waals surface area contributed by atoms with Gasteiger partial charge in [-0.25, -0.2) is 4.79 Å². The van der Waals surface area contributed by atoms with Crippen LogP contribution in [0.3, 0.4) is 0 Å². The van der Waals surface area contributed by atoms with Crippen LogP contribution in [-0.4, -0.2) is 63.3 Å². The van der Waals surface area contributed by atoms with Gasteiger partial charge in [-0.2, -0.15) is 0 Å². The maximum Gasteiger partial charge on any atom is 0.353 e. The van der Waals surface area contributed by atoms with Crippen molar-refractivity contribution in [2.75, 3.05) is 7.05 Å². The highest BCUT2D eigenvalue weighted by molar-refractivity contribution is 7.96. The normalized spacial score (nSPS) is 16.8. The Labute approximate surface area is 262 Å².